The Labute approximate surface area is 113 Å². The molecule has 2 rings (SSSR count). The number of nitrogens with two attached hydrogens (primary N) is 1. The average Bonchev–Trinajstić information content (AvgIpc) is 2.40. The molecule has 98 valence electrons. The molecule has 0 aliphatic rings. The van der Waals surface area contributed by atoms with E-state index < -0.39 is 0 Å². The van der Waals surface area contributed by atoms with E-state index >= 15 is 0 Å². The molecule has 19 heavy (non-hydrogen) atoms. The van der Waals surface area contributed by atoms with Crippen LogP contribution in [0.1, 0.15) is 16.8 Å². The van der Waals surface area contributed by atoms with Crippen molar-refractivity contribution in [2.45, 2.75) is 20.0 Å². The van der Waals surface area contributed by atoms with Crippen LogP contribution >= 0.6 is 0 Å². The van der Waals surface area contributed by atoms with Crippen LogP contribution in [-0.4, -0.2) is 4.98 Å². The van der Waals surface area contributed by atoms with Gasteiger partial charge in [-0.15, -0.1) is 6.58 Å². The van der Waals surface area contributed by atoms with Gasteiger partial charge in [-0.05, 0) is 48.7 Å². The maximum absolute atomic E-state index is 5.85. The minimum Gasteiger partial charge on any atom is -0.487 e. The molecule has 2 aromatic rings. The number of ether oxygens (including phenoxy) is 1. The van der Waals surface area contributed by atoms with Crippen molar-refractivity contribution in [3.05, 3.63) is 66.0 Å². The van der Waals surface area contributed by atoms with Crippen molar-refractivity contribution in [1.82, 2.24) is 4.98 Å². The number of pyridine rings is 1. The number of hydrogen-bond acceptors (Lipinski definition) is 3. The Bertz CT molecular complexity index is 579. The van der Waals surface area contributed by atoms with Gasteiger partial charge in [-0.25, -0.2) is 0 Å². The molecule has 0 spiro atoms. The summed E-state index contributed by atoms with van der Waals surface area (Å²) in [5, 5.41) is 0. The van der Waals surface area contributed by atoms with Gasteiger partial charge in [0.15, 0.2) is 0 Å². The number of hydrogen-bond donors (Lipinski definition) is 1. The average molecular weight is 254 g/mol. The van der Waals surface area contributed by atoms with Crippen LogP contribution in [0.3, 0.4) is 0 Å². The number of benzene rings is 1. The summed E-state index contributed by atoms with van der Waals surface area (Å²) in [6, 6.07) is 9.60. The van der Waals surface area contributed by atoms with Gasteiger partial charge in [0, 0.05) is 11.9 Å². The Kier molecular flexibility index (Phi) is 4.18. The van der Waals surface area contributed by atoms with Crippen molar-refractivity contribution in [2.75, 3.05) is 5.73 Å². The molecule has 0 radical (unpaired) electrons. The second-order valence-corrected chi connectivity index (χ2v) is 4.42. The van der Waals surface area contributed by atoms with Crippen molar-refractivity contribution in [2.24, 2.45) is 0 Å². The zero-order valence-corrected chi connectivity index (χ0v) is 11.1. The molecule has 0 unspecified atom stereocenters. The summed E-state index contributed by atoms with van der Waals surface area (Å²) in [7, 11) is 0. The zero-order valence-electron chi connectivity index (χ0n) is 11.1. The maximum atomic E-state index is 5.85. The number of nitrogen functional groups attached to an aromatic ring is 1. The molecule has 0 amide bonds. The fourth-order valence-corrected chi connectivity index (χ4v) is 1.87. The monoisotopic (exact) mass is 254 g/mol. The molecule has 0 aliphatic carbocycles. The van der Waals surface area contributed by atoms with Gasteiger partial charge in [-0.3, -0.25) is 4.98 Å². The van der Waals surface area contributed by atoms with E-state index in [4.69, 9.17) is 10.5 Å². The fraction of sp³-hybridized carbons (Fsp3) is 0.188. The minimum atomic E-state index is 0.459. The summed E-state index contributed by atoms with van der Waals surface area (Å²) in [6.45, 7) is 6.24. The summed E-state index contributed by atoms with van der Waals surface area (Å²) in [5.74, 6) is 0.833. The SMILES string of the molecule is C=CCc1cc(N)ccc1OCc1ncccc1C. The van der Waals surface area contributed by atoms with Crippen LogP contribution in [0.4, 0.5) is 5.69 Å². The lowest BCUT2D eigenvalue weighted by Crippen LogP contribution is -2.02. The lowest BCUT2D eigenvalue weighted by molar-refractivity contribution is 0.298. The predicted molar refractivity (Wildman–Crippen MR) is 78.1 cm³/mol. The number of allylic oxidation sites excluding steroid dienone is 1. The molecule has 2 N–H and O–H groups in total. The normalized spacial score (nSPS) is 10.2. The number of aryl methyl sites for hydroxylation is 1. The van der Waals surface area contributed by atoms with Crippen LogP contribution < -0.4 is 10.5 Å². The van der Waals surface area contributed by atoms with E-state index in [1.807, 2.05) is 43.3 Å². The number of nitrogens with zero attached hydrogens (tertiary/aromatic N) is 1. The highest BCUT2D eigenvalue weighted by Gasteiger charge is 2.05. The lowest BCUT2D eigenvalue weighted by Gasteiger charge is -2.12. The third kappa shape index (κ3) is 3.35. The molecule has 0 fully saturated rings. The fourth-order valence-electron chi connectivity index (χ4n) is 1.87. The predicted octanol–water partition coefficient (Wildman–Crippen LogP) is 3.28. The molecular formula is C16H18N2O. The molecule has 0 atom stereocenters. The molecule has 1 aromatic carbocycles. The Morgan fingerprint density at radius 1 is 1.37 bits per heavy atom. The highest BCUT2D eigenvalue weighted by molar-refractivity contribution is 5.48. The van der Waals surface area contributed by atoms with Crippen LogP contribution in [0.2, 0.25) is 0 Å². The van der Waals surface area contributed by atoms with Gasteiger partial charge in [-0.1, -0.05) is 12.1 Å². The first-order chi connectivity index (χ1) is 9.20. The summed E-state index contributed by atoms with van der Waals surface area (Å²) < 4.78 is 5.85. The van der Waals surface area contributed by atoms with E-state index in [1.54, 1.807) is 6.20 Å². The first-order valence-electron chi connectivity index (χ1n) is 6.23. The molecule has 1 heterocycles. The summed E-state index contributed by atoms with van der Waals surface area (Å²) in [5.41, 5.74) is 9.64. The second kappa shape index (κ2) is 6.05. The highest BCUT2D eigenvalue weighted by atomic mass is 16.5. The number of aromatic nitrogens is 1. The molecule has 3 nitrogen and oxygen atoms in total. The van der Waals surface area contributed by atoms with Crippen molar-refractivity contribution in [3.8, 4) is 5.75 Å². The van der Waals surface area contributed by atoms with E-state index in [0.717, 1.165) is 34.7 Å². The maximum Gasteiger partial charge on any atom is 0.130 e. The van der Waals surface area contributed by atoms with Crippen LogP contribution in [0.15, 0.2) is 49.2 Å². The third-order valence-corrected chi connectivity index (χ3v) is 2.93. The van der Waals surface area contributed by atoms with Gasteiger partial charge in [0.05, 0.1) is 5.69 Å². The van der Waals surface area contributed by atoms with Gasteiger partial charge >= 0.3 is 0 Å². The topological polar surface area (TPSA) is 48.1 Å². The van der Waals surface area contributed by atoms with Gasteiger partial charge in [0.2, 0.25) is 0 Å². The molecule has 0 bridgehead atoms. The van der Waals surface area contributed by atoms with Crippen LogP contribution in [0.25, 0.3) is 0 Å². The molecule has 0 saturated carbocycles. The van der Waals surface area contributed by atoms with Crippen LogP contribution in [0.5, 0.6) is 5.75 Å². The highest BCUT2D eigenvalue weighted by Crippen LogP contribution is 2.23. The van der Waals surface area contributed by atoms with Crippen LogP contribution in [0, 0.1) is 6.92 Å². The smallest absolute Gasteiger partial charge is 0.130 e. The van der Waals surface area contributed by atoms with Crippen molar-refractivity contribution >= 4 is 5.69 Å². The summed E-state index contributed by atoms with van der Waals surface area (Å²) in [4.78, 5) is 4.32. The molecular weight excluding hydrogens is 236 g/mol. The lowest BCUT2D eigenvalue weighted by atomic mass is 10.1. The van der Waals surface area contributed by atoms with Crippen LogP contribution in [-0.2, 0) is 13.0 Å². The van der Waals surface area contributed by atoms with E-state index in [1.165, 1.54) is 0 Å². The minimum absolute atomic E-state index is 0.459. The molecule has 1 aromatic heterocycles. The number of rotatable bonds is 5. The Balaban J connectivity index is 2.15. The van der Waals surface area contributed by atoms with Crippen molar-refractivity contribution in [3.63, 3.8) is 0 Å². The third-order valence-electron chi connectivity index (χ3n) is 2.93. The standard InChI is InChI=1S/C16H18N2O/c1-3-5-13-10-14(17)7-8-16(13)19-11-15-12(2)6-4-9-18-15/h3-4,6-10H,1,5,11,17H2,2H3. The van der Waals surface area contributed by atoms with Crippen molar-refractivity contribution < 1.29 is 4.74 Å². The van der Waals surface area contributed by atoms with Gasteiger partial charge < -0.3 is 10.5 Å². The molecule has 3 heteroatoms. The van der Waals surface area contributed by atoms with Gasteiger partial charge in [-0.2, -0.15) is 0 Å². The largest absolute Gasteiger partial charge is 0.487 e. The summed E-state index contributed by atoms with van der Waals surface area (Å²) in [6.07, 6.45) is 4.36. The van der Waals surface area contributed by atoms with E-state index in [2.05, 4.69) is 11.6 Å². The molecule has 0 saturated heterocycles. The summed E-state index contributed by atoms with van der Waals surface area (Å²) >= 11 is 0. The molecule has 0 aliphatic heterocycles. The van der Waals surface area contributed by atoms with E-state index in [9.17, 15) is 0 Å². The van der Waals surface area contributed by atoms with Gasteiger partial charge in [0.25, 0.3) is 0 Å². The first kappa shape index (κ1) is 13.1. The van der Waals surface area contributed by atoms with E-state index in [-0.39, 0.29) is 0 Å². The Morgan fingerprint density at radius 2 is 2.21 bits per heavy atom. The first-order valence-corrected chi connectivity index (χ1v) is 6.23. The quantitative estimate of drug-likeness (QED) is 0.658. The van der Waals surface area contributed by atoms with Gasteiger partial charge in [0.1, 0.15) is 12.4 Å². The Hall–Kier alpha value is -2.29. The van der Waals surface area contributed by atoms with Crippen molar-refractivity contribution in [1.29, 1.82) is 0 Å². The number of anilines is 1. The van der Waals surface area contributed by atoms with E-state index in [0.29, 0.717) is 6.61 Å². The Morgan fingerprint density at radius 3 is 2.95 bits per heavy atom. The zero-order chi connectivity index (χ0) is 13.7. The second-order valence-electron chi connectivity index (χ2n) is 4.42.